The van der Waals surface area contributed by atoms with Gasteiger partial charge in [0.25, 0.3) is 0 Å². The third-order valence-electron chi connectivity index (χ3n) is 17.9. The van der Waals surface area contributed by atoms with Crippen LogP contribution in [0, 0.1) is 0 Å². The molecule has 0 heterocycles. The normalized spacial score (nSPS) is 13.5. The van der Waals surface area contributed by atoms with Crippen LogP contribution < -0.4 is 0 Å². The average Bonchev–Trinajstić information content (AvgIpc) is 1.81. The van der Waals surface area contributed by atoms with E-state index in [4.69, 9.17) is 18.5 Å². The minimum atomic E-state index is -4.40. The molecule has 9 nitrogen and oxygen atoms in total. The SMILES string of the molecule is CC/C=C\C/C=C\C/C=C\C/C=C\C/C=C\C/C=C\C/C=C\C/C=C\CCCCCCCCCCCCCCCCCCC(=O)OC(COC(=O)CCCCCCCCCCCCCCCCCCCCCCCCCCCCCCCC)COP(=O)(O)OCC[N+](C)(C)C. The summed E-state index contributed by atoms with van der Waals surface area (Å²) < 4.78 is 34.8. The van der Waals surface area contributed by atoms with Gasteiger partial charge in [0.15, 0.2) is 6.10 Å². The Bertz CT molecular complexity index is 1930. The molecule has 0 fully saturated rings. The first-order valence-electron chi connectivity index (χ1n) is 40.5. The fraction of sp³-hybridized carbons (Fsp3) is 0.788. The molecule has 0 amide bonds. The first-order chi connectivity index (χ1) is 46.5. The zero-order valence-corrected chi connectivity index (χ0v) is 64.0. The zero-order chi connectivity index (χ0) is 69.0. The van der Waals surface area contributed by atoms with E-state index in [2.05, 4.69) is 111 Å². The molecule has 0 aromatic heterocycles. The van der Waals surface area contributed by atoms with Crippen molar-refractivity contribution >= 4 is 19.8 Å². The second kappa shape index (κ2) is 75.1. The fourth-order valence-electron chi connectivity index (χ4n) is 11.7. The topological polar surface area (TPSA) is 108 Å². The Morgan fingerprint density at radius 3 is 0.895 bits per heavy atom. The second-order valence-electron chi connectivity index (χ2n) is 28.4. The highest BCUT2D eigenvalue weighted by molar-refractivity contribution is 7.47. The van der Waals surface area contributed by atoms with Gasteiger partial charge >= 0.3 is 19.8 Å². The van der Waals surface area contributed by atoms with E-state index in [1.807, 2.05) is 21.1 Å². The minimum Gasteiger partial charge on any atom is -0.462 e. The van der Waals surface area contributed by atoms with Gasteiger partial charge in [-0.3, -0.25) is 18.6 Å². The van der Waals surface area contributed by atoms with Crippen LogP contribution in [0.4, 0.5) is 0 Å². The molecule has 0 aliphatic carbocycles. The highest BCUT2D eigenvalue weighted by atomic mass is 31.2. The lowest BCUT2D eigenvalue weighted by molar-refractivity contribution is -0.870. The first kappa shape index (κ1) is 91.9. The third-order valence-corrected chi connectivity index (χ3v) is 18.9. The van der Waals surface area contributed by atoms with Gasteiger partial charge in [-0.15, -0.1) is 0 Å². The van der Waals surface area contributed by atoms with Crippen molar-refractivity contribution in [1.82, 2.24) is 0 Å². The van der Waals surface area contributed by atoms with Gasteiger partial charge in [0, 0.05) is 12.8 Å². The van der Waals surface area contributed by atoms with Crippen molar-refractivity contribution in [2.45, 2.75) is 386 Å². The number of esters is 2. The highest BCUT2D eigenvalue weighted by Crippen LogP contribution is 2.43. The van der Waals surface area contributed by atoms with E-state index in [9.17, 15) is 19.0 Å². The number of ether oxygens (including phenoxy) is 2. The smallest absolute Gasteiger partial charge is 0.462 e. The number of allylic oxidation sites excluding steroid dienone is 16. The molecule has 2 atom stereocenters. The summed E-state index contributed by atoms with van der Waals surface area (Å²) in [4.78, 5) is 36.0. The van der Waals surface area contributed by atoms with Crippen LogP contribution in [0.3, 0.4) is 0 Å². The summed E-state index contributed by atoms with van der Waals surface area (Å²) in [5, 5.41) is 0. The number of carbonyl (C=O) groups excluding carboxylic acids is 2. The van der Waals surface area contributed by atoms with E-state index >= 15 is 0 Å². The molecule has 0 aromatic carbocycles. The number of carbonyl (C=O) groups is 2. The molecule has 0 spiro atoms. The first-order valence-corrected chi connectivity index (χ1v) is 42.0. The third kappa shape index (κ3) is 79.8. The Balaban J connectivity index is 3.95. The number of phosphoric acid groups is 1. The Morgan fingerprint density at radius 2 is 0.600 bits per heavy atom. The molecule has 0 aromatic rings. The van der Waals surface area contributed by atoms with Gasteiger partial charge in [-0.05, 0) is 77.0 Å². The second-order valence-corrected chi connectivity index (χ2v) is 29.9. The Labute approximate surface area is 589 Å². The van der Waals surface area contributed by atoms with Crippen LogP contribution in [-0.4, -0.2) is 74.9 Å². The molecule has 0 aliphatic rings. The maximum atomic E-state index is 12.9. The summed E-state index contributed by atoms with van der Waals surface area (Å²) in [6, 6.07) is 0. The van der Waals surface area contributed by atoms with E-state index in [0.29, 0.717) is 23.9 Å². The Kier molecular flexibility index (Phi) is 72.7. The molecule has 0 bridgehead atoms. The zero-order valence-electron chi connectivity index (χ0n) is 63.1. The van der Waals surface area contributed by atoms with Crippen molar-refractivity contribution in [1.29, 1.82) is 0 Å². The molecule has 10 heteroatoms. The molecule has 552 valence electrons. The largest absolute Gasteiger partial charge is 0.472 e. The molecule has 0 saturated carbocycles. The molecular formula is C85H155NO8P+. The number of nitrogens with zero attached hydrogens (tertiary/aromatic N) is 1. The molecule has 1 N–H and O–H groups in total. The standard InChI is InChI=1S/C85H154NO8P/c1-6-8-10-12-14-16-18-20-22-24-26-28-30-32-34-36-38-39-40-41-42-43-44-45-46-47-48-50-52-54-56-58-60-62-64-66-68-70-72-74-76-78-85(88)94-83(82-93-95(89,90)92-80-79-86(3,4)5)81-91-84(87)77-75-73-71-69-67-65-63-61-59-57-55-53-51-49-37-35-33-31-29-27-25-23-21-19-17-15-13-11-9-7-2/h8,10,14,16,20,22,26,28,32,34,38-39,41-42,44-45,83H,6-7,9,11-13,15,17-19,21,23-25,27,29-31,33,35-37,40,43,46-82H2,1-5H3/p+1/b10-8-,16-14-,22-20-,28-26-,34-32-,39-38-,42-41-,45-44-. The molecule has 0 aliphatic heterocycles. The summed E-state index contributed by atoms with van der Waals surface area (Å²) in [6.07, 6.45) is 106. The molecule has 0 radical (unpaired) electrons. The summed E-state index contributed by atoms with van der Waals surface area (Å²) in [7, 11) is 1.49. The summed E-state index contributed by atoms with van der Waals surface area (Å²) in [5.41, 5.74) is 0. The number of hydrogen-bond acceptors (Lipinski definition) is 7. The van der Waals surface area contributed by atoms with Crippen molar-refractivity contribution in [3.63, 3.8) is 0 Å². The van der Waals surface area contributed by atoms with Gasteiger partial charge < -0.3 is 18.9 Å². The van der Waals surface area contributed by atoms with Crippen LogP contribution >= 0.6 is 7.82 Å². The molecular weight excluding hydrogens is 1190 g/mol. The molecule has 0 rings (SSSR count). The average molecular weight is 1350 g/mol. The molecule has 2 unspecified atom stereocenters. The van der Waals surface area contributed by atoms with Crippen molar-refractivity contribution in [2.75, 3.05) is 47.5 Å². The van der Waals surface area contributed by atoms with Crippen LogP contribution in [0.1, 0.15) is 380 Å². The van der Waals surface area contributed by atoms with Crippen molar-refractivity contribution in [3.8, 4) is 0 Å². The van der Waals surface area contributed by atoms with Crippen LogP contribution in [0.25, 0.3) is 0 Å². The molecule has 95 heavy (non-hydrogen) atoms. The monoisotopic (exact) mass is 1350 g/mol. The minimum absolute atomic E-state index is 0.0318. The van der Waals surface area contributed by atoms with E-state index in [1.54, 1.807) is 0 Å². The van der Waals surface area contributed by atoms with E-state index in [0.717, 1.165) is 83.5 Å². The Hall–Kier alpha value is -3.07. The van der Waals surface area contributed by atoms with Crippen LogP contribution in [0.5, 0.6) is 0 Å². The predicted molar refractivity (Wildman–Crippen MR) is 413 cm³/mol. The van der Waals surface area contributed by atoms with Gasteiger partial charge in [-0.2, -0.15) is 0 Å². The lowest BCUT2D eigenvalue weighted by atomic mass is 10.0. The summed E-state index contributed by atoms with van der Waals surface area (Å²) >= 11 is 0. The number of hydrogen-bond donors (Lipinski definition) is 1. The van der Waals surface area contributed by atoms with Crippen LogP contribution in [0.15, 0.2) is 97.2 Å². The van der Waals surface area contributed by atoms with Crippen LogP contribution in [0.2, 0.25) is 0 Å². The Morgan fingerprint density at radius 1 is 0.337 bits per heavy atom. The van der Waals surface area contributed by atoms with Crippen molar-refractivity contribution < 1.29 is 42.1 Å². The summed E-state index contributed by atoms with van der Waals surface area (Å²) in [5.74, 6) is -0.780. The highest BCUT2D eigenvalue weighted by Gasteiger charge is 2.27. The van der Waals surface area contributed by atoms with E-state index in [-0.39, 0.29) is 25.6 Å². The number of likely N-dealkylation sites (N-methyl/N-ethyl adjacent to an activating group) is 1. The van der Waals surface area contributed by atoms with Gasteiger partial charge in [0.1, 0.15) is 19.8 Å². The lowest BCUT2D eigenvalue weighted by Gasteiger charge is -2.24. The van der Waals surface area contributed by atoms with Gasteiger partial charge in [-0.25, -0.2) is 4.57 Å². The quantitative estimate of drug-likeness (QED) is 0.0211. The van der Waals surface area contributed by atoms with E-state index in [1.165, 1.54) is 263 Å². The maximum absolute atomic E-state index is 12.9. The fourth-order valence-corrected chi connectivity index (χ4v) is 12.5. The number of quaternary nitrogens is 1. The lowest BCUT2D eigenvalue weighted by Crippen LogP contribution is -2.37. The van der Waals surface area contributed by atoms with Gasteiger partial charge in [0.2, 0.25) is 0 Å². The number of phosphoric ester groups is 1. The number of unbranched alkanes of at least 4 members (excludes halogenated alkanes) is 45. The summed E-state index contributed by atoms with van der Waals surface area (Å²) in [6.45, 7) is 4.38. The van der Waals surface area contributed by atoms with E-state index < -0.39 is 26.5 Å². The van der Waals surface area contributed by atoms with Crippen molar-refractivity contribution in [3.05, 3.63) is 97.2 Å². The number of rotatable bonds is 75. The van der Waals surface area contributed by atoms with Crippen LogP contribution in [-0.2, 0) is 32.7 Å². The van der Waals surface area contributed by atoms with Crippen molar-refractivity contribution in [2.24, 2.45) is 0 Å². The van der Waals surface area contributed by atoms with Gasteiger partial charge in [0.05, 0.1) is 27.7 Å². The maximum Gasteiger partial charge on any atom is 0.472 e. The molecule has 0 saturated heterocycles. The van der Waals surface area contributed by atoms with Gasteiger partial charge in [-0.1, -0.05) is 387 Å². The predicted octanol–water partition coefficient (Wildman–Crippen LogP) is 27.0.